The molecule has 0 radical (unpaired) electrons. The van der Waals surface area contributed by atoms with Crippen LogP contribution in [0.2, 0.25) is 0 Å². The molecule has 0 saturated heterocycles. The molecule has 0 atom stereocenters. The molecule has 0 aliphatic rings. The summed E-state index contributed by atoms with van der Waals surface area (Å²) in [5.74, 6) is 6.62. The fourth-order valence-electron chi connectivity index (χ4n) is 2.49. The van der Waals surface area contributed by atoms with Crippen molar-refractivity contribution in [2.45, 2.75) is 12.8 Å². The number of aliphatic hydroxyl groups excluding tert-OH is 1. The van der Waals surface area contributed by atoms with Crippen molar-refractivity contribution in [2.24, 2.45) is 0 Å². The molecule has 3 aromatic carbocycles. The monoisotopic (exact) mass is 302 g/mol. The fourth-order valence-corrected chi connectivity index (χ4v) is 2.49. The molecule has 0 saturated carbocycles. The first-order valence-electron chi connectivity index (χ1n) is 7.69. The van der Waals surface area contributed by atoms with Gasteiger partial charge in [-0.1, -0.05) is 36.1 Å². The second kappa shape index (κ2) is 7.00. The van der Waals surface area contributed by atoms with Gasteiger partial charge in [-0.05, 0) is 65.6 Å². The Balaban J connectivity index is 1.79. The van der Waals surface area contributed by atoms with E-state index in [0.29, 0.717) is 0 Å². The Kier molecular flexibility index (Phi) is 4.61. The van der Waals surface area contributed by atoms with Gasteiger partial charge in [0.15, 0.2) is 0 Å². The zero-order chi connectivity index (χ0) is 16.1. The van der Waals surface area contributed by atoms with Gasteiger partial charge in [0.25, 0.3) is 0 Å². The molecule has 0 bridgehead atoms. The zero-order valence-corrected chi connectivity index (χ0v) is 12.8. The topological polar surface area (TPSA) is 40.5 Å². The molecule has 2 heteroatoms. The van der Waals surface area contributed by atoms with Crippen LogP contribution in [0.5, 0.6) is 5.75 Å². The smallest absolute Gasteiger partial charge is 0.116 e. The average molecular weight is 302 g/mol. The number of phenolic OH excluding ortho intramolecular Hbond substituents is 1. The Morgan fingerprint density at radius 3 is 2.17 bits per heavy atom. The Bertz CT molecular complexity index is 868. The zero-order valence-electron chi connectivity index (χ0n) is 12.8. The molecule has 0 heterocycles. The summed E-state index contributed by atoms with van der Waals surface area (Å²) in [6.45, 7) is 0.224. The van der Waals surface area contributed by atoms with Gasteiger partial charge in [0, 0.05) is 17.7 Å². The van der Waals surface area contributed by atoms with E-state index in [1.165, 1.54) is 5.56 Å². The third-order valence-corrected chi connectivity index (χ3v) is 3.75. The molecule has 0 unspecified atom stereocenters. The van der Waals surface area contributed by atoms with Gasteiger partial charge in [-0.15, -0.1) is 0 Å². The molecule has 0 aliphatic heterocycles. The highest BCUT2D eigenvalue weighted by molar-refractivity contribution is 5.85. The third-order valence-electron chi connectivity index (χ3n) is 3.75. The first kappa shape index (κ1) is 15.1. The molecule has 0 spiro atoms. The lowest BCUT2D eigenvalue weighted by Crippen LogP contribution is -1.89. The first-order valence-corrected chi connectivity index (χ1v) is 7.69. The van der Waals surface area contributed by atoms with Gasteiger partial charge in [0.05, 0.1) is 0 Å². The van der Waals surface area contributed by atoms with Crippen molar-refractivity contribution < 1.29 is 10.2 Å². The molecule has 0 aliphatic carbocycles. The van der Waals surface area contributed by atoms with Crippen molar-refractivity contribution in [3.05, 3.63) is 77.4 Å². The number of fused-ring (bicyclic) bond motifs is 1. The number of rotatable bonds is 3. The Labute approximate surface area is 136 Å². The van der Waals surface area contributed by atoms with E-state index in [4.69, 9.17) is 5.11 Å². The first-order chi connectivity index (χ1) is 11.2. The van der Waals surface area contributed by atoms with E-state index < -0.39 is 0 Å². The average Bonchev–Trinajstić information content (AvgIpc) is 2.59. The van der Waals surface area contributed by atoms with E-state index in [-0.39, 0.29) is 12.4 Å². The summed E-state index contributed by atoms with van der Waals surface area (Å²) >= 11 is 0. The summed E-state index contributed by atoms with van der Waals surface area (Å²) < 4.78 is 0. The highest BCUT2D eigenvalue weighted by Gasteiger charge is 1.97. The van der Waals surface area contributed by atoms with E-state index in [1.54, 1.807) is 12.1 Å². The molecule has 23 heavy (non-hydrogen) atoms. The second-order valence-electron chi connectivity index (χ2n) is 5.52. The summed E-state index contributed by atoms with van der Waals surface area (Å²) in [5, 5.41) is 20.4. The summed E-state index contributed by atoms with van der Waals surface area (Å²) in [5.41, 5.74) is 3.14. The van der Waals surface area contributed by atoms with E-state index in [9.17, 15) is 5.11 Å². The minimum Gasteiger partial charge on any atom is -0.508 e. The molecule has 0 aromatic heterocycles. The summed E-state index contributed by atoms with van der Waals surface area (Å²) in [6.07, 6.45) is 1.68. The number of aryl methyl sites for hydroxylation is 1. The van der Waals surface area contributed by atoms with Crippen LogP contribution in [0.3, 0.4) is 0 Å². The van der Waals surface area contributed by atoms with Crippen LogP contribution >= 0.6 is 0 Å². The second-order valence-corrected chi connectivity index (χ2v) is 5.52. The van der Waals surface area contributed by atoms with Crippen molar-refractivity contribution >= 4 is 10.8 Å². The highest BCUT2D eigenvalue weighted by Crippen LogP contribution is 2.20. The van der Waals surface area contributed by atoms with Crippen LogP contribution in [0, 0.1) is 11.8 Å². The lowest BCUT2D eigenvalue weighted by atomic mass is 10.1. The van der Waals surface area contributed by atoms with Gasteiger partial charge >= 0.3 is 0 Å². The molecule has 2 N–H and O–H groups in total. The van der Waals surface area contributed by atoms with Crippen LogP contribution < -0.4 is 0 Å². The summed E-state index contributed by atoms with van der Waals surface area (Å²) in [4.78, 5) is 0. The van der Waals surface area contributed by atoms with Gasteiger partial charge in [-0.3, -0.25) is 0 Å². The maximum atomic E-state index is 9.49. The van der Waals surface area contributed by atoms with E-state index in [1.807, 2.05) is 36.4 Å². The normalized spacial score (nSPS) is 10.3. The number of benzene rings is 3. The van der Waals surface area contributed by atoms with Crippen molar-refractivity contribution in [1.29, 1.82) is 0 Å². The van der Waals surface area contributed by atoms with E-state index in [2.05, 4.69) is 24.0 Å². The predicted molar refractivity (Wildman–Crippen MR) is 93.4 cm³/mol. The molecule has 2 nitrogen and oxygen atoms in total. The van der Waals surface area contributed by atoms with E-state index in [0.717, 1.165) is 34.7 Å². The molecule has 0 fully saturated rings. The maximum Gasteiger partial charge on any atom is 0.116 e. The minimum atomic E-state index is 0.224. The standard InChI is InChI=1S/C21H18O2/c22-13-1-2-16-3-5-17(6-4-16)7-8-18-9-10-20-15-21(23)12-11-19(20)14-18/h3-6,9-12,14-15,22-23H,1-2,13H2. The Morgan fingerprint density at radius 2 is 1.39 bits per heavy atom. The summed E-state index contributed by atoms with van der Waals surface area (Å²) in [7, 11) is 0. The lowest BCUT2D eigenvalue weighted by Gasteiger charge is -2.00. The van der Waals surface area contributed by atoms with Gasteiger partial charge < -0.3 is 10.2 Å². The van der Waals surface area contributed by atoms with Crippen molar-refractivity contribution in [3.8, 4) is 17.6 Å². The lowest BCUT2D eigenvalue weighted by molar-refractivity contribution is 0.288. The van der Waals surface area contributed by atoms with E-state index >= 15 is 0 Å². The van der Waals surface area contributed by atoms with Crippen LogP contribution in [-0.2, 0) is 6.42 Å². The van der Waals surface area contributed by atoms with Crippen LogP contribution in [0.25, 0.3) is 10.8 Å². The number of hydrogen-bond donors (Lipinski definition) is 2. The van der Waals surface area contributed by atoms with Crippen molar-refractivity contribution in [2.75, 3.05) is 6.61 Å². The Hall–Kier alpha value is -2.76. The largest absolute Gasteiger partial charge is 0.508 e. The van der Waals surface area contributed by atoms with Gasteiger partial charge in [0.2, 0.25) is 0 Å². The van der Waals surface area contributed by atoms with Crippen LogP contribution in [0.15, 0.2) is 60.7 Å². The van der Waals surface area contributed by atoms with Crippen molar-refractivity contribution in [3.63, 3.8) is 0 Å². The number of aliphatic hydroxyl groups is 1. The number of phenols is 1. The van der Waals surface area contributed by atoms with Crippen LogP contribution in [0.1, 0.15) is 23.1 Å². The molecule has 114 valence electrons. The minimum absolute atomic E-state index is 0.224. The molecular weight excluding hydrogens is 284 g/mol. The third kappa shape index (κ3) is 3.91. The maximum absolute atomic E-state index is 9.49. The van der Waals surface area contributed by atoms with Gasteiger partial charge in [-0.25, -0.2) is 0 Å². The SMILES string of the molecule is OCCCc1ccc(C#Cc2ccc3cc(O)ccc3c2)cc1. The highest BCUT2D eigenvalue weighted by atomic mass is 16.3. The molecule has 0 amide bonds. The van der Waals surface area contributed by atoms with Gasteiger partial charge in [-0.2, -0.15) is 0 Å². The van der Waals surface area contributed by atoms with Crippen molar-refractivity contribution in [1.82, 2.24) is 0 Å². The molecule has 3 rings (SSSR count). The van der Waals surface area contributed by atoms with Gasteiger partial charge in [0.1, 0.15) is 5.75 Å². The van der Waals surface area contributed by atoms with Crippen LogP contribution in [0.4, 0.5) is 0 Å². The summed E-state index contributed by atoms with van der Waals surface area (Å²) in [6, 6.07) is 19.4. The fraction of sp³-hybridized carbons (Fsp3) is 0.143. The van der Waals surface area contributed by atoms with Crippen LogP contribution in [-0.4, -0.2) is 16.8 Å². The quantitative estimate of drug-likeness (QED) is 0.721. The molecular formula is C21H18O2. The number of aromatic hydroxyl groups is 1. The number of hydrogen-bond acceptors (Lipinski definition) is 2. The predicted octanol–water partition coefficient (Wildman–Crippen LogP) is 3.87. The molecule has 3 aromatic rings. The Morgan fingerprint density at radius 1 is 0.739 bits per heavy atom.